The van der Waals surface area contributed by atoms with Crippen molar-refractivity contribution < 1.29 is 18.0 Å². The molecule has 1 rings (SSSR count). The third kappa shape index (κ3) is 4.22. The van der Waals surface area contributed by atoms with Crippen LogP contribution in [0.3, 0.4) is 0 Å². The van der Waals surface area contributed by atoms with Crippen LogP contribution in [0.1, 0.15) is 5.56 Å². The van der Waals surface area contributed by atoms with Gasteiger partial charge in [-0.15, -0.1) is 0 Å². The number of anilines is 1. The third-order valence-corrected chi connectivity index (χ3v) is 2.57. The lowest BCUT2D eigenvalue weighted by molar-refractivity contribution is -0.165. The Labute approximate surface area is 105 Å². The van der Waals surface area contributed by atoms with Crippen molar-refractivity contribution in [1.82, 2.24) is 0 Å². The molecular formula is C11H9BrF3NO. The zero-order valence-corrected chi connectivity index (χ0v) is 10.4. The van der Waals surface area contributed by atoms with Crippen LogP contribution >= 0.6 is 15.9 Å². The molecule has 6 heteroatoms. The monoisotopic (exact) mass is 307 g/mol. The highest BCUT2D eigenvalue weighted by Gasteiger charge is 2.35. The largest absolute Gasteiger partial charge is 0.454 e. The molecule has 0 bridgehead atoms. The van der Waals surface area contributed by atoms with Crippen molar-refractivity contribution >= 4 is 27.4 Å². The van der Waals surface area contributed by atoms with E-state index < -0.39 is 12.0 Å². The smallest absolute Gasteiger partial charge is 0.361 e. The maximum atomic E-state index is 11.9. The molecule has 0 aliphatic heterocycles. The standard InChI is InChI=1S/C11H9BrF3NO/c1-7-2-3-8(12)9(6-7)16-5-4-10(17)11(13,14)15/h2-6,16H,1H3/b5-4+. The number of hydrogen-bond acceptors (Lipinski definition) is 2. The molecule has 1 aromatic carbocycles. The number of hydrogen-bond donors (Lipinski definition) is 1. The predicted molar refractivity (Wildman–Crippen MR) is 62.7 cm³/mol. The quantitative estimate of drug-likeness (QED) is 0.860. The first-order valence-electron chi connectivity index (χ1n) is 4.61. The number of alkyl halides is 3. The van der Waals surface area contributed by atoms with Crippen molar-refractivity contribution in [2.24, 2.45) is 0 Å². The SMILES string of the molecule is Cc1ccc(Br)c(N/C=C/C(=O)C(F)(F)F)c1. The van der Waals surface area contributed by atoms with Crippen LogP contribution in [-0.4, -0.2) is 12.0 Å². The molecule has 0 aromatic heterocycles. The number of carbonyl (C=O) groups is 1. The molecule has 0 atom stereocenters. The Balaban J connectivity index is 2.71. The molecular weight excluding hydrogens is 299 g/mol. The molecule has 0 saturated carbocycles. The molecule has 1 aromatic rings. The molecule has 0 fully saturated rings. The highest BCUT2D eigenvalue weighted by Crippen LogP contribution is 2.23. The molecule has 0 aliphatic carbocycles. The molecule has 0 spiro atoms. The number of ketones is 1. The van der Waals surface area contributed by atoms with E-state index in [1.165, 1.54) is 0 Å². The van der Waals surface area contributed by atoms with Crippen molar-refractivity contribution in [2.45, 2.75) is 13.1 Å². The summed E-state index contributed by atoms with van der Waals surface area (Å²) in [5.41, 5.74) is 1.54. The Hall–Kier alpha value is -1.30. The van der Waals surface area contributed by atoms with Gasteiger partial charge in [0.2, 0.25) is 0 Å². The number of nitrogens with one attached hydrogen (secondary N) is 1. The Morgan fingerprint density at radius 1 is 1.41 bits per heavy atom. The van der Waals surface area contributed by atoms with Crippen molar-refractivity contribution in [2.75, 3.05) is 5.32 Å². The second-order valence-electron chi connectivity index (χ2n) is 3.32. The van der Waals surface area contributed by atoms with Gasteiger partial charge in [0.15, 0.2) is 0 Å². The van der Waals surface area contributed by atoms with E-state index in [2.05, 4.69) is 21.2 Å². The van der Waals surface area contributed by atoms with E-state index in [0.29, 0.717) is 16.2 Å². The third-order valence-electron chi connectivity index (χ3n) is 1.87. The normalized spacial score (nSPS) is 11.8. The van der Waals surface area contributed by atoms with Crippen LogP contribution in [0.25, 0.3) is 0 Å². The predicted octanol–water partition coefficient (Wildman–Crippen LogP) is 3.81. The summed E-state index contributed by atoms with van der Waals surface area (Å²) in [7, 11) is 0. The molecule has 0 saturated heterocycles. The fourth-order valence-corrected chi connectivity index (χ4v) is 1.41. The number of aryl methyl sites for hydroxylation is 1. The van der Waals surface area contributed by atoms with Gasteiger partial charge >= 0.3 is 6.18 Å². The Morgan fingerprint density at radius 2 is 2.06 bits per heavy atom. The van der Waals surface area contributed by atoms with Gasteiger partial charge in [0.1, 0.15) is 0 Å². The maximum absolute atomic E-state index is 11.9. The summed E-state index contributed by atoms with van der Waals surface area (Å²) in [6, 6.07) is 5.35. The minimum atomic E-state index is -4.83. The molecule has 17 heavy (non-hydrogen) atoms. The van der Waals surface area contributed by atoms with Crippen LogP contribution in [0.2, 0.25) is 0 Å². The summed E-state index contributed by atoms with van der Waals surface area (Å²) in [6.45, 7) is 1.85. The molecule has 0 unspecified atom stereocenters. The van der Waals surface area contributed by atoms with Crippen LogP contribution in [0.4, 0.5) is 18.9 Å². The molecule has 0 amide bonds. The maximum Gasteiger partial charge on any atom is 0.454 e. The Bertz CT molecular complexity index is 455. The number of carbonyl (C=O) groups excluding carboxylic acids is 1. The number of allylic oxidation sites excluding steroid dienone is 1. The topological polar surface area (TPSA) is 29.1 Å². The first kappa shape index (κ1) is 13.8. The van der Waals surface area contributed by atoms with E-state index in [9.17, 15) is 18.0 Å². The van der Waals surface area contributed by atoms with Gasteiger partial charge in [-0.1, -0.05) is 6.07 Å². The van der Waals surface area contributed by atoms with E-state index in [0.717, 1.165) is 11.8 Å². The fourth-order valence-electron chi connectivity index (χ4n) is 1.05. The van der Waals surface area contributed by atoms with Crippen LogP contribution in [0.5, 0.6) is 0 Å². The van der Waals surface area contributed by atoms with Gasteiger partial charge in [-0.05, 0) is 40.5 Å². The van der Waals surface area contributed by atoms with Crippen molar-refractivity contribution in [3.63, 3.8) is 0 Å². The second-order valence-corrected chi connectivity index (χ2v) is 4.18. The Morgan fingerprint density at radius 3 is 2.65 bits per heavy atom. The molecule has 92 valence electrons. The zero-order chi connectivity index (χ0) is 13.1. The van der Waals surface area contributed by atoms with Gasteiger partial charge in [-0.2, -0.15) is 13.2 Å². The average molecular weight is 308 g/mol. The molecule has 0 radical (unpaired) electrons. The van der Waals surface area contributed by atoms with E-state index >= 15 is 0 Å². The van der Waals surface area contributed by atoms with E-state index in [-0.39, 0.29) is 0 Å². The zero-order valence-electron chi connectivity index (χ0n) is 8.81. The summed E-state index contributed by atoms with van der Waals surface area (Å²) in [4.78, 5) is 10.5. The lowest BCUT2D eigenvalue weighted by Gasteiger charge is -2.05. The van der Waals surface area contributed by atoms with E-state index in [4.69, 9.17) is 0 Å². The fraction of sp³-hybridized carbons (Fsp3) is 0.182. The summed E-state index contributed by atoms with van der Waals surface area (Å²) in [6.07, 6.45) is -3.41. The molecule has 0 aliphatic rings. The van der Waals surface area contributed by atoms with Gasteiger partial charge in [-0.3, -0.25) is 4.79 Å². The van der Waals surface area contributed by atoms with Crippen LogP contribution in [0.15, 0.2) is 34.9 Å². The minimum absolute atomic E-state index is 0.453. The number of benzene rings is 1. The number of rotatable bonds is 3. The highest BCUT2D eigenvalue weighted by molar-refractivity contribution is 9.10. The van der Waals surface area contributed by atoms with Crippen LogP contribution in [-0.2, 0) is 4.79 Å². The average Bonchev–Trinajstić information content (AvgIpc) is 2.21. The number of halogens is 4. The molecule has 0 heterocycles. The molecule has 2 nitrogen and oxygen atoms in total. The van der Waals surface area contributed by atoms with E-state index in [1.54, 1.807) is 12.1 Å². The van der Waals surface area contributed by atoms with Gasteiger partial charge < -0.3 is 5.32 Å². The van der Waals surface area contributed by atoms with E-state index in [1.807, 2.05) is 13.0 Å². The lowest BCUT2D eigenvalue weighted by atomic mass is 10.2. The summed E-state index contributed by atoms with van der Waals surface area (Å²) in [5, 5.41) is 2.61. The van der Waals surface area contributed by atoms with Crippen molar-refractivity contribution in [3.8, 4) is 0 Å². The first-order valence-corrected chi connectivity index (χ1v) is 5.40. The lowest BCUT2D eigenvalue weighted by Crippen LogP contribution is -2.20. The van der Waals surface area contributed by atoms with Crippen molar-refractivity contribution in [1.29, 1.82) is 0 Å². The van der Waals surface area contributed by atoms with Crippen molar-refractivity contribution in [3.05, 3.63) is 40.5 Å². The second kappa shape index (κ2) is 5.35. The van der Waals surface area contributed by atoms with Crippen LogP contribution in [0, 0.1) is 6.92 Å². The summed E-state index contributed by atoms with van der Waals surface area (Å²) < 4.78 is 36.3. The molecule has 1 N–H and O–H groups in total. The van der Waals surface area contributed by atoms with Gasteiger partial charge in [0.25, 0.3) is 5.78 Å². The van der Waals surface area contributed by atoms with Gasteiger partial charge in [-0.25, -0.2) is 0 Å². The van der Waals surface area contributed by atoms with Gasteiger partial charge in [0, 0.05) is 16.7 Å². The Kier molecular flexibility index (Phi) is 4.34. The van der Waals surface area contributed by atoms with Crippen LogP contribution < -0.4 is 5.32 Å². The minimum Gasteiger partial charge on any atom is -0.361 e. The first-order chi connectivity index (χ1) is 7.80. The summed E-state index contributed by atoms with van der Waals surface area (Å²) >= 11 is 3.23. The summed E-state index contributed by atoms with van der Waals surface area (Å²) in [5.74, 6) is -1.89. The highest BCUT2D eigenvalue weighted by atomic mass is 79.9. The van der Waals surface area contributed by atoms with Gasteiger partial charge in [0.05, 0.1) is 5.69 Å².